The molecule has 0 atom stereocenters. The van der Waals surface area contributed by atoms with Crippen LogP contribution in [0.5, 0.6) is 0 Å². The van der Waals surface area contributed by atoms with Gasteiger partial charge >= 0.3 is 0 Å². The molecule has 1 aliphatic rings. The summed E-state index contributed by atoms with van der Waals surface area (Å²) in [4.78, 5) is 0. The van der Waals surface area contributed by atoms with Gasteiger partial charge < -0.3 is 0 Å². The third-order valence-corrected chi connectivity index (χ3v) is 3.52. The molecule has 0 aliphatic carbocycles. The molecular formula is C15H16N+. The van der Waals surface area contributed by atoms with E-state index < -0.39 is 0 Å². The van der Waals surface area contributed by atoms with Crippen molar-refractivity contribution < 1.29 is 4.57 Å². The summed E-state index contributed by atoms with van der Waals surface area (Å²) in [6, 6.07) is 9.05. The van der Waals surface area contributed by atoms with E-state index in [1.54, 1.807) is 0 Å². The smallest absolute Gasteiger partial charge is 0.194 e. The highest BCUT2D eigenvalue weighted by atomic mass is 15.0. The molecule has 80 valence electrons. The fourth-order valence-corrected chi connectivity index (χ4v) is 2.42. The highest BCUT2D eigenvalue weighted by molar-refractivity contribution is 5.65. The molecule has 0 fully saturated rings. The zero-order valence-electron chi connectivity index (χ0n) is 10.0. The van der Waals surface area contributed by atoms with Gasteiger partial charge in [-0.1, -0.05) is 17.7 Å². The van der Waals surface area contributed by atoms with Gasteiger partial charge in [0.25, 0.3) is 0 Å². The minimum Gasteiger partial charge on any atom is -0.194 e. The van der Waals surface area contributed by atoms with E-state index in [9.17, 15) is 0 Å². The lowest BCUT2D eigenvalue weighted by atomic mass is 10.0. The lowest BCUT2D eigenvalue weighted by molar-refractivity contribution is -0.672. The number of nitrogens with zero attached hydrogens (tertiary/aromatic N) is 1. The first-order chi connectivity index (χ1) is 7.65. The van der Waals surface area contributed by atoms with E-state index in [0.29, 0.717) is 0 Å². The van der Waals surface area contributed by atoms with E-state index in [1.165, 1.54) is 33.5 Å². The molecule has 0 saturated carbocycles. The van der Waals surface area contributed by atoms with Crippen molar-refractivity contribution in [1.82, 2.24) is 0 Å². The van der Waals surface area contributed by atoms with Crippen LogP contribution in [0.4, 0.5) is 0 Å². The molecule has 2 heterocycles. The van der Waals surface area contributed by atoms with Gasteiger partial charge in [0.15, 0.2) is 12.7 Å². The van der Waals surface area contributed by atoms with Crippen LogP contribution in [-0.2, 0) is 6.54 Å². The quantitative estimate of drug-likeness (QED) is 0.502. The third-order valence-electron chi connectivity index (χ3n) is 3.52. The Morgan fingerprint density at radius 1 is 1.00 bits per heavy atom. The summed E-state index contributed by atoms with van der Waals surface area (Å²) in [5.74, 6) is 0. The molecule has 0 N–H and O–H groups in total. The predicted molar refractivity (Wildman–Crippen MR) is 65.4 cm³/mol. The van der Waals surface area contributed by atoms with Gasteiger partial charge in [0.2, 0.25) is 5.69 Å². The van der Waals surface area contributed by atoms with Crippen molar-refractivity contribution in [3.63, 3.8) is 0 Å². The van der Waals surface area contributed by atoms with Crippen molar-refractivity contribution in [3.05, 3.63) is 52.7 Å². The number of fused-ring (bicyclic) bond motifs is 3. The maximum atomic E-state index is 2.35. The molecule has 1 nitrogen and oxygen atoms in total. The Balaban J connectivity index is 2.28. The molecule has 1 heteroatoms. The molecular weight excluding hydrogens is 194 g/mol. The van der Waals surface area contributed by atoms with E-state index >= 15 is 0 Å². The van der Waals surface area contributed by atoms with Crippen molar-refractivity contribution in [3.8, 4) is 11.3 Å². The van der Waals surface area contributed by atoms with Crippen molar-refractivity contribution in [2.75, 3.05) is 0 Å². The minimum atomic E-state index is 1.02. The predicted octanol–water partition coefficient (Wildman–Crippen LogP) is 2.93. The van der Waals surface area contributed by atoms with E-state index in [4.69, 9.17) is 0 Å². The van der Waals surface area contributed by atoms with Crippen LogP contribution in [0.3, 0.4) is 0 Å². The van der Waals surface area contributed by atoms with Gasteiger partial charge in [-0.25, -0.2) is 0 Å². The number of pyridine rings is 1. The second kappa shape index (κ2) is 3.18. The van der Waals surface area contributed by atoms with Gasteiger partial charge in [0.05, 0.1) is 5.56 Å². The largest absolute Gasteiger partial charge is 0.213 e. The van der Waals surface area contributed by atoms with E-state index in [-0.39, 0.29) is 0 Å². The minimum absolute atomic E-state index is 1.02. The average molecular weight is 210 g/mol. The van der Waals surface area contributed by atoms with Crippen molar-refractivity contribution >= 4 is 0 Å². The second-order valence-corrected chi connectivity index (χ2v) is 4.81. The van der Waals surface area contributed by atoms with Crippen LogP contribution in [0.1, 0.15) is 22.3 Å². The van der Waals surface area contributed by atoms with Crippen LogP contribution < -0.4 is 4.57 Å². The lowest BCUT2D eigenvalue weighted by Crippen LogP contribution is -2.32. The number of rotatable bonds is 0. The van der Waals surface area contributed by atoms with Gasteiger partial charge in [0.1, 0.15) is 0 Å². The third kappa shape index (κ3) is 1.28. The van der Waals surface area contributed by atoms with E-state index in [0.717, 1.165) is 6.54 Å². The Morgan fingerprint density at radius 3 is 2.62 bits per heavy atom. The van der Waals surface area contributed by atoms with Crippen LogP contribution in [0, 0.1) is 20.8 Å². The molecule has 3 rings (SSSR count). The Hall–Kier alpha value is -1.63. The zero-order valence-corrected chi connectivity index (χ0v) is 10.0. The Labute approximate surface area is 96.4 Å². The topological polar surface area (TPSA) is 3.88 Å². The molecule has 1 aromatic heterocycles. The highest BCUT2D eigenvalue weighted by Gasteiger charge is 2.26. The summed E-state index contributed by atoms with van der Waals surface area (Å²) in [5.41, 5.74) is 8.29. The number of hydrogen-bond donors (Lipinski definition) is 0. The van der Waals surface area contributed by atoms with E-state index in [2.05, 4.69) is 55.8 Å². The maximum Gasteiger partial charge on any atom is 0.213 e. The van der Waals surface area contributed by atoms with E-state index in [1.807, 2.05) is 0 Å². The molecule has 1 aromatic carbocycles. The molecule has 1 aliphatic heterocycles. The molecule has 0 unspecified atom stereocenters. The van der Waals surface area contributed by atoms with Crippen LogP contribution in [0.2, 0.25) is 0 Å². The van der Waals surface area contributed by atoms with Crippen LogP contribution in [0.15, 0.2) is 30.5 Å². The normalized spacial score (nSPS) is 12.4. The fourth-order valence-electron chi connectivity index (χ4n) is 2.42. The Kier molecular flexibility index (Phi) is 1.90. The number of hydrogen-bond acceptors (Lipinski definition) is 0. The van der Waals surface area contributed by atoms with Crippen molar-refractivity contribution in [2.24, 2.45) is 0 Å². The number of benzene rings is 1. The number of aromatic nitrogens is 1. The second-order valence-electron chi connectivity index (χ2n) is 4.81. The first kappa shape index (κ1) is 9.59. The number of aryl methyl sites for hydroxylation is 3. The van der Waals surface area contributed by atoms with Gasteiger partial charge in [-0.05, 0) is 32.4 Å². The highest BCUT2D eigenvalue weighted by Crippen LogP contribution is 2.28. The molecule has 16 heavy (non-hydrogen) atoms. The van der Waals surface area contributed by atoms with Crippen LogP contribution >= 0.6 is 0 Å². The molecule has 2 aromatic rings. The first-order valence-corrected chi connectivity index (χ1v) is 5.76. The molecule has 0 saturated heterocycles. The zero-order chi connectivity index (χ0) is 11.3. The molecule has 0 amide bonds. The summed E-state index contributed by atoms with van der Waals surface area (Å²) in [7, 11) is 0. The standard InChI is InChI=1S/C15H16N/c1-10-4-5-13-9-16-8-12(3)11(2)7-15(16)14(13)6-10/h4-8H,9H2,1-3H3/q+1. The SMILES string of the molecule is Cc1ccc2c(c1)-c1cc(C)c(C)c[n+]1C2. The average Bonchev–Trinajstić information content (AvgIpc) is 2.57. The molecule has 0 spiro atoms. The summed E-state index contributed by atoms with van der Waals surface area (Å²) in [6.07, 6.45) is 2.26. The summed E-state index contributed by atoms with van der Waals surface area (Å²) in [6.45, 7) is 7.54. The summed E-state index contributed by atoms with van der Waals surface area (Å²) < 4.78 is 2.35. The van der Waals surface area contributed by atoms with Crippen molar-refractivity contribution in [1.29, 1.82) is 0 Å². The Bertz CT molecular complexity index is 582. The first-order valence-electron chi connectivity index (χ1n) is 5.76. The van der Waals surface area contributed by atoms with Crippen LogP contribution in [-0.4, -0.2) is 0 Å². The lowest BCUT2D eigenvalue weighted by Gasteiger charge is -2.00. The van der Waals surface area contributed by atoms with Gasteiger partial charge in [-0.3, -0.25) is 0 Å². The van der Waals surface area contributed by atoms with Gasteiger partial charge in [0, 0.05) is 17.2 Å². The van der Waals surface area contributed by atoms with Crippen molar-refractivity contribution in [2.45, 2.75) is 27.3 Å². The molecule has 0 bridgehead atoms. The monoisotopic (exact) mass is 210 g/mol. The van der Waals surface area contributed by atoms with Gasteiger partial charge in [-0.15, -0.1) is 0 Å². The fraction of sp³-hybridized carbons (Fsp3) is 0.267. The molecule has 0 radical (unpaired) electrons. The maximum absolute atomic E-state index is 2.35. The summed E-state index contributed by atoms with van der Waals surface area (Å²) in [5, 5.41) is 0. The van der Waals surface area contributed by atoms with Gasteiger partial charge in [-0.2, -0.15) is 4.57 Å². The van der Waals surface area contributed by atoms with Crippen LogP contribution in [0.25, 0.3) is 11.3 Å². The summed E-state index contributed by atoms with van der Waals surface area (Å²) >= 11 is 0. The Morgan fingerprint density at radius 2 is 1.81 bits per heavy atom.